The van der Waals surface area contributed by atoms with Gasteiger partial charge in [0.25, 0.3) is 0 Å². The van der Waals surface area contributed by atoms with Crippen molar-refractivity contribution in [1.82, 2.24) is 4.90 Å². The average molecular weight is 251 g/mol. The normalized spacial score (nSPS) is 19.1. The van der Waals surface area contributed by atoms with Crippen molar-refractivity contribution in [2.75, 3.05) is 19.6 Å². The van der Waals surface area contributed by atoms with Gasteiger partial charge in [-0.2, -0.15) is 0 Å². The Bertz CT molecular complexity index is 111. The van der Waals surface area contributed by atoms with Crippen LogP contribution in [0.2, 0.25) is 0 Å². The van der Waals surface area contributed by atoms with Gasteiger partial charge in [-0.05, 0) is 25.9 Å². The molecule has 0 aromatic rings. The second kappa shape index (κ2) is 5.99. The first-order valence-corrected chi connectivity index (χ1v) is 3.59. The number of hydrogen-bond donors (Lipinski definition) is 0. The molecule has 0 aliphatic carbocycles. The van der Waals surface area contributed by atoms with E-state index in [1.807, 2.05) is 0 Å². The molecule has 1 heterocycles. The van der Waals surface area contributed by atoms with Gasteiger partial charge in [-0.15, -0.1) is 30.4 Å². The zero-order valence-electron chi connectivity index (χ0n) is 6.18. The van der Waals surface area contributed by atoms with E-state index in [0.717, 1.165) is 6.54 Å². The molecule has 1 fully saturated rings. The molecule has 0 saturated carbocycles. The average Bonchev–Trinajstić information content (AvgIpc) is 1.91. The third-order valence-corrected chi connectivity index (χ3v) is 1.76. The van der Waals surface area contributed by atoms with Crippen LogP contribution < -0.4 is 0 Å². The molecule has 0 amide bonds. The lowest BCUT2D eigenvalue weighted by Crippen LogP contribution is -2.29. The Labute approximate surface area is 80.2 Å². The maximum Gasteiger partial charge on any atom is 0.0598 e. The molecule has 1 saturated heterocycles. The van der Waals surface area contributed by atoms with Crippen LogP contribution in [-0.4, -0.2) is 24.5 Å². The van der Waals surface area contributed by atoms with Gasteiger partial charge in [0.1, 0.15) is 0 Å². The molecule has 1 rings (SSSR count). The maximum atomic E-state index is 5.17. The predicted molar refractivity (Wildman–Crippen MR) is 54.5 cm³/mol. The fraction of sp³-hybridized carbons (Fsp3) is 0.750. The molecule has 0 unspecified atom stereocenters. The van der Waals surface area contributed by atoms with Crippen LogP contribution in [0.25, 0.3) is 0 Å². The van der Waals surface area contributed by atoms with Crippen LogP contribution in [0.15, 0.2) is 0 Å². The van der Waals surface area contributed by atoms with Crippen LogP contribution in [0.1, 0.15) is 19.3 Å². The van der Waals surface area contributed by atoms with Crippen molar-refractivity contribution in [3.63, 3.8) is 0 Å². The molecule has 0 bridgehead atoms. The summed E-state index contributed by atoms with van der Waals surface area (Å²) >= 11 is 0. The zero-order valence-corrected chi connectivity index (χ0v) is 8.51. The third-order valence-electron chi connectivity index (χ3n) is 1.76. The summed E-state index contributed by atoms with van der Waals surface area (Å²) in [7, 11) is 0. The first kappa shape index (κ1) is 10.2. The summed E-state index contributed by atoms with van der Waals surface area (Å²) in [4.78, 5) is 2.34. The van der Waals surface area contributed by atoms with Crippen LogP contribution in [0.3, 0.4) is 0 Å². The molecule has 10 heavy (non-hydrogen) atoms. The third kappa shape index (κ3) is 3.43. The molecular formula is C8H14IN. The van der Waals surface area contributed by atoms with Gasteiger partial charge in [0.2, 0.25) is 0 Å². The number of likely N-dealkylation sites (tertiary alicyclic amines) is 1. The fourth-order valence-electron chi connectivity index (χ4n) is 1.25. The molecule has 0 N–H and O–H groups in total. The van der Waals surface area contributed by atoms with Gasteiger partial charge < -0.3 is 0 Å². The topological polar surface area (TPSA) is 3.24 Å². The summed E-state index contributed by atoms with van der Waals surface area (Å²) in [6.45, 7) is 3.27. The number of piperidine rings is 1. The largest absolute Gasteiger partial charge is 0.292 e. The van der Waals surface area contributed by atoms with E-state index in [1.165, 1.54) is 32.4 Å². The number of halogens is 1. The smallest absolute Gasteiger partial charge is 0.0598 e. The Morgan fingerprint density at radius 1 is 1.20 bits per heavy atom. The molecule has 1 aliphatic heterocycles. The van der Waals surface area contributed by atoms with Crippen molar-refractivity contribution in [3.8, 4) is 12.3 Å². The molecule has 2 heteroatoms. The molecular weight excluding hydrogens is 237 g/mol. The Kier molecular flexibility index (Phi) is 6.14. The van der Waals surface area contributed by atoms with Crippen molar-refractivity contribution in [3.05, 3.63) is 0 Å². The van der Waals surface area contributed by atoms with Crippen molar-refractivity contribution < 1.29 is 0 Å². The van der Waals surface area contributed by atoms with E-state index in [1.54, 1.807) is 0 Å². The summed E-state index contributed by atoms with van der Waals surface area (Å²) in [6, 6.07) is 0. The van der Waals surface area contributed by atoms with Gasteiger partial charge in [-0.3, -0.25) is 4.90 Å². The summed E-state index contributed by atoms with van der Waals surface area (Å²) in [6.07, 6.45) is 9.23. The molecule has 1 nitrogen and oxygen atoms in total. The second-order valence-electron chi connectivity index (χ2n) is 2.54. The monoisotopic (exact) mass is 251 g/mol. The van der Waals surface area contributed by atoms with Gasteiger partial charge in [-0.25, -0.2) is 0 Å². The van der Waals surface area contributed by atoms with Crippen LogP contribution in [0, 0.1) is 12.3 Å². The highest BCUT2D eigenvalue weighted by Crippen LogP contribution is 2.06. The molecule has 0 atom stereocenters. The summed E-state index contributed by atoms with van der Waals surface area (Å²) in [5.74, 6) is 2.66. The molecule has 0 aromatic heterocycles. The van der Waals surface area contributed by atoms with Gasteiger partial charge in [0.05, 0.1) is 6.54 Å². The number of terminal acetylenes is 1. The van der Waals surface area contributed by atoms with Crippen LogP contribution in [0.5, 0.6) is 0 Å². The first-order valence-electron chi connectivity index (χ1n) is 3.59. The van der Waals surface area contributed by atoms with E-state index in [-0.39, 0.29) is 24.0 Å². The Morgan fingerprint density at radius 2 is 1.80 bits per heavy atom. The summed E-state index contributed by atoms with van der Waals surface area (Å²) in [5.41, 5.74) is 0. The van der Waals surface area contributed by atoms with Gasteiger partial charge in [0.15, 0.2) is 0 Å². The summed E-state index contributed by atoms with van der Waals surface area (Å²) < 4.78 is 0. The van der Waals surface area contributed by atoms with E-state index in [9.17, 15) is 0 Å². The van der Waals surface area contributed by atoms with Crippen LogP contribution in [-0.2, 0) is 0 Å². The van der Waals surface area contributed by atoms with E-state index >= 15 is 0 Å². The maximum absolute atomic E-state index is 5.17. The number of rotatable bonds is 1. The fourth-order valence-corrected chi connectivity index (χ4v) is 1.25. The first-order chi connectivity index (χ1) is 4.43. The van der Waals surface area contributed by atoms with E-state index < -0.39 is 0 Å². The van der Waals surface area contributed by atoms with E-state index in [2.05, 4.69) is 10.8 Å². The molecule has 1 aliphatic rings. The second-order valence-corrected chi connectivity index (χ2v) is 2.54. The van der Waals surface area contributed by atoms with Gasteiger partial charge in [-0.1, -0.05) is 12.3 Å². The van der Waals surface area contributed by atoms with Crippen molar-refractivity contribution in [2.24, 2.45) is 0 Å². The van der Waals surface area contributed by atoms with Crippen molar-refractivity contribution >= 4 is 24.0 Å². The Hall–Kier alpha value is 0.250. The minimum absolute atomic E-state index is 0. The highest BCUT2D eigenvalue weighted by Gasteiger charge is 2.06. The number of hydrogen-bond acceptors (Lipinski definition) is 1. The van der Waals surface area contributed by atoms with Crippen molar-refractivity contribution in [1.29, 1.82) is 0 Å². The van der Waals surface area contributed by atoms with Gasteiger partial charge in [0, 0.05) is 0 Å². The number of nitrogens with zero attached hydrogens (tertiary/aromatic N) is 1. The SMILES string of the molecule is C#CCN1CCCCC1.I. The van der Waals surface area contributed by atoms with Crippen LogP contribution in [0.4, 0.5) is 0 Å². The standard InChI is InChI=1S/C8H13N.HI/c1-2-6-9-7-4-3-5-8-9;/h1H,3-8H2;1H. The van der Waals surface area contributed by atoms with E-state index in [0.29, 0.717) is 0 Å². The minimum Gasteiger partial charge on any atom is -0.292 e. The minimum atomic E-state index is 0. The molecule has 0 radical (unpaired) electrons. The lowest BCUT2D eigenvalue weighted by atomic mass is 10.1. The van der Waals surface area contributed by atoms with E-state index in [4.69, 9.17) is 6.42 Å². The van der Waals surface area contributed by atoms with Crippen molar-refractivity contribution in [2.45, 2.75) is 19.3 Å². The highest BCUT2D eigenvalue weighted by molar-refractivity contribution is 14.0. The van der Waals surface area contributed by atoms with Crippen LogP contribution >= 0.6 is 24.0 Å². The van der Waals surface area contributed by atoms with Gasteiger partial charge >= 0.3 is 0 Å². The zero-order chi connectivity index (χ0) is 6.53. The predicted octanol–water partition coefficient (Wildman–Crippen LogP) is 1.72. The lowest BCUT2D eigenvalue weighted by molar-refractivity contribution is 0.255. The lowest BCUT2D eigenvalue weighted by Gasteiger charge is -2.23. The Balaban J connectivity index is 0.000000810. The molecule has 0 spiro atoms. The highest BCUT2D eigenvalue weighted by atomic mass is 127. The molecule has 0 aromatic carbocycles. The Morgan fingerprint density at radius 3 is 2.30 bits per heavy atom. The summed E-state index contributed by atoms with van der Waals surface area (Å²) in [5, 5.41) is 0. The quantitative estimate of drug-likeness (QED) is 0.506. The molecule has 58 valence electrons.